The Morgan fingerprint density at radius 1 is 1.03 bits per heavy atom. The van der Waals surface area contributed by atoms with Crippen LogP contribution >= 0.6 is 0 Å². The van der Waals surface area contributed by atoms with E-state index < -0.39 is 11.9 Å². The SMILES string of the molecule is CCOC(=O)/C(C#N)=C(/C=Cc1ccc(C(=O)O)cc1)c1ccc(OC)c(OC)c1. The maximum atomic E-state index is 12.3. The van der Waals surface area contributed by atoms with E-state index in [-0.39, 0.29) is 17.7 Å². The van der Waals surface area contributed by atoms with Gasteiger partial charge in [-0.25, -0.2) is 9.59 Å². The Morgan fingerprint density at radius 2 is 1.67 bits per heavy atom. The number of carboxylic acid groups (broad SMARTS) is 1. The molecule has 2 aromatic rings. The molecule has 0 aromatic heterocycles. The van der Waals surface area contributed by atoms with Crippen LogP contribution in [-0.2, 0) is 9.53 Å². The van der Waals surface area contributed by atoms with Crippen molar-refractivity contribution in [2.24, 2.45) is 0 Å². The molecule has 2 aromatic carbocycles. The molecule has 30 heavy (non-hydrogen) atoms. The van der Waals surface area contributed by atoms with Gasteiger partial charge in [-0.3, -0.25) is 0 Å². The van der Waals surface area contributed by atoms with E-state index in [0.717, 1.165) is 0 Å². The summed E-state index contributed by atoms with van der Waals surface area (Å²) in [5.41, 5.74) is 1.57. The van der Waals surface area contributed by atoms with Gasteiger partial charge in [0.15, 0.2) is 11.5 Å². The summed E-state index contributed by atoms with van der Waals surface area (Å²) in [7, 11) is 3.00. The van der Waals surface area contributed by atoms with Gasteiger partial charge < -0.3 is 19.3 Å². The second kappa shape index (κ2) is 10.5. The molecule has 154 valence electrons. The van der Waals surface area contributed by atoms with Crippen molar-refractivity contribution in [3.05, 3.63) is 70.8 Å². The Labute approximate surface area is 174 Å². The van der Waals surface area contributed by atoms with Gasteiger partial charge in [-0.05, 0) is 42.3 Å². The Bertz CT molecular complexity index is 1030. The van der Waals surface area contributed by atoms with Crippen LogP contribution in [0, 0.1) is 11.3 Å². The van der Waals surface area contributed by atoms with Crippen LogP contribution < -0.4 is 9.47 Å². The van der Waals surface area contributed by atoms with E-state index >= 15 is 0 Å². The fourth-order valence-corrected chi connectivity index (χ4v) is 2.66. The average Bonchev–Trinajstić information content (AvgIpc) is 2.76. The third kappa shape index (κ3) is 5.26. The Hall–Kier alpha value is -4.05. The van der Waals surface area contributed by atoms with Crippen LogP contribution in [0.3, 0.4) is 0 Å². The third-order valence-electron chi connectivity index (χ3n) is 4.16. The summed E-state index contributed by atoms with van der Waals surface area (Å²) in [6.45, 7) is 1.78. The normalized spacial score (nSPS) is 11.4. The van der Waals surface area contributed by atoms with Crippen LogP contribution in [0.2, 0.25) is 0 Å². The molecule has 0 heterocycles. The summed E-state index contributed by atoms with van der Waals surface area (Å²) in [5.74, 6) is -0.822. The largest absolute Gasteiger partial charge is 0.493 e. The van der Waals surface area contributed by atoms with Gasteiger partial charge in [-0.15, -0.1) is 0 Å². The highest BCUT2D eigenvalue weighted by molar-refractivity contribution is 6.04. The van der Waals surface area contributed by atoms with Crippen molar-refractivity contribution in [2.75, 3.05) is 20.8 Å². The standard InChI is InChI=1S/C23H21NO6/c1-4-30-23(27)19(14-24)18(17-10-12-20(28-2)21(13-17)29-3)11-7-15-5-8-16(9-6-15)22(25)26/h5-13H,4H2,1-3H3,(H,25,26)/b11-7?,19-18-. The molecular weight excluding hydrogens is 386 g/mol. The highest BCUT2D eigenvalue weighted by Crippen LogP contribution is 2.32. The predicted octanol–water partition coefficient (Wildman–Crippen LogP) is 3.96. The van der Waals surface area contributed by atoms with Crippen LogP contribution in [0.5, 0.6) is 11.5 Å². The zero-order valence-electron chi connectivity index (χ0n) is 16.8. The van der Waals surface area contributed by atoms with Crippen molar-refractivity contribution in [1.29, 1.82) is 5.26 Å². The molecule has 0 saturated heterocycles. The van der Waals surface area contributed by atoms with E-state index in [2.05, 4.69) is 0 Å². The molecule has 0 unspecified atom stereocenters. The smallest absolute Gasteiger partial charge is 0.349 e. The van der Waals surface area contributed by atoms with Crippen LogP contribution in [0.15, 0.2) is 54.1 Å². The van der Waals surface area contributed by atoms with Gasteiger partial charge in [0.05, 0.1) is 26.4 Å². The van der Waals surface area contributed by atoms with Crippen molar-refractivity contribution in [1.82, 2.24) is 0 Å². The number of carboxylic acids is 1. The maximum absolute atomic E-state index is 12.3. The first-order valence-corrected chi connectivity index (χ1v) is 9.00. The average molecular weight is 407 g/mol. The minimum Gasteiger partial charge on any atom is -0.493 e. The summed E-state index contributed by atoms with van der Waals surface area (Å²) >= 11 is 0. The molecule has 2 rings (SSSR count). The predicted molar refractivity (Wildman–Crippen MR) is 111 cm³/mol. The fraction of sp³-hybridized carbons (Fsp3) is 0.174. The number of nitriles is 1. The van der Waals surface area contributed by atoms with E-state index in [1.807, 2.05) is 6.07 Å². The number of allylic oxidation sites excluding steroid dienone is 2. The molecule has 0 radical (unpaired) electrons. The molecule has 1 N–H and O–H groups in total. The Balaban J connectivity index is 2.58. The summed E-state index contributed by atoms with van der Waals surface area (Å²) < 4.78 is 15.6. The topological polar surface area (TPSA) is 106 Å². The lowest BCUT2D eigenvalue weighted by molar-refractivity contribution is -0.137. The number of carbonyl (C=O) groups is 2. The Morgan fingerprint density at radius 3 is 2.20 bits per heavy atom. The fourth-order valence-electron chi connectivity index (χ4n) is 2.66. The number of methoxy groups -OCH3 is 2. The van der Waals surface area contributed by atoms with Crippen molar-refractivity contribution >= 4 is 23.6 Å². The monoisotopic (exact) mass is 407 g/mol. The number of nitrogens with zero attached hydrogens (tertiary/aromatic N) is 1. The third-order valence-corrected chi connectivity index (χ3v) is 4.16. The lowest BCUT2D eigenvalue weighted by Gasteiger charge is -2.12. The van der Waals surface area contributed by atoms with E-state index in [4.69, 9.17) is 19.3 Å². The second-order valence-electron chi connectivity index (χ2n) is 5.95. The minimum atomic E-state index is -1.02. The zero-order chi connectivity index (χ0) is 22.1. The summed E-state index contributed by atoms with van der Waals surface area (Å²) in [5, 5.41) is 18.6. The first-order chi connectivity index (χ1) is 14.4. The molecule has 0 amide bonds. The molecule has 0 atom stereocenters. The summed E-state index contributed by atoms with van der Waals surface area (Å²) in [6.07, 6.45) is 3.28. The summed E-state index contributed by atoms with van der Waals surface area (Å²) in [6, 6.07) is 13.1. The second-order valence-corrected chi connectivity index (χ2v) is 5.95. The highest BCUT2D eigenvalue weighted by Gasteiger charge is 2.18. The van der Waals surface area contributed by atoms with Gasteiger partial charge in [-0.1, -0.05) is 30.4 Å². The van der Waals surface area contributed by atoms with E-state index in [1.165, 1.54) is 26.4 Å². The first kappa shape index (κ1) is 22.2. The van der Waals surface area contributed by atoms with Gasteiger partial charge in [0, 0.05) is 5.57 Å². The lowest BCUT2D eigenvalue weighted by Crippen LogP contribution is -2.08. The molecule has 0 bridgehead atoms. The molecule has 0 fully saturated rings. The number of aromatic carboxylic acids is 1. The molecular formula is C23H21NO6. The van der Waals surface area contributed by atoms with Crippen LogP contribution in [0.4, 0.5) is 0 Å². The number of benzene rings is 2. The highest BCUT2D eigenvalue weighted by atomic mass is 16.5. The van der Waals surface area contributed by atoms with Gasteiger partial charge in [0.1, 0.15) is 11.6 Å². The molecule has 0 aliphatic carbocycles. The minimum absolute atomic E-state index is 0.129. The molecule has 0 aliphatic heterocycles. The first-order valence-electron chi connectivity index (χ1n) is 9.00. The molecule has 0 aliphatic rings. The Kier molecular flexibility index (Phi) is 7.77. The van der Waals surface area contributed by atoms with Gasteiger partial charge >= 0.3 is 11.9 Å². The number of carbonyl (C=O) groups excluding carboxylic acids is 1. The van der Waals surface area contributed by atoms with Gasteiger partial charge in [-0.2, -0.15) is 5.26 Å². The number of esters is 1. The van der Waals surface area contributed by atoms with Gasteiger partial charge in [0.2, 0.25) is 0 Å². The lowest BCUT2D eigenvalue weighted by atomic mass is 9.98. The van der Waals surface area contributed by atoms with Crippen molar-refractivity contribution in [3.8, 4) is 17.6 Å². The van der Waals surface area contributed by atoms with Gasteiger partial charge in [0.25, 0.3) is 0 Å². The molecule has 7 heteroatoms. The van der Waals surface area contributed by atoms with Crippen LogP contribution in [0.1, 0.15) is 28.4 Å². The zero-order valence-corrected chi connectivity index (χ0v) is 16.8. The summed E-state index contributed by atoms with van der Waals surface area (Å²) in [4.78, 5) is 23.3. The van der Waals surface area contributed by atoms with Crippen LogP contribution in [-0.4, -0.2) is 37.9 Å². The van der Waals surface area contributed by atoms with E-state index in [9.17, 15) is 14.9 Å². The molecule has 0 saturated carbocycles. The van der Waals surface area contributed by atoms with Crippen molar-refractivity contribution < 1.29 is 28.9 Å². The number of rotatable bonds is 8. The van der Waals surface area contributed by atoms with Crippen LogP contribution in [0.25, 0.3) is 11.6 Å². The quantitative estimate of drug-likeness (QED) is 0.306. The number of ether oxygens (including phenoxy) is 3. The maximum Gasteiger partial charge on any atom is 0.349 e. The van der Waals surface area contributed by atoms with Crippen molar-refractivity contribution in [3.63, 3.8) is 0 Å². The van der Waals surface area contributed by atoms with E-state index in [1.54, 1.807) is 49.4 Å². The number of hydrogen-bond acceptors (Lipinski definition) is 6. The van der Waals surface area contributed by atoms with Crippen molar-refractivity contribution in [2.45, 2.75) is 6.92 Å². The van der Waals surface area contributed by atoms with E-state index in [0.29, 0.717) is 28.2 Å². The molecule has 7 nitrogen and oxygen atoms in total. The molecule has 0 spiro atoms. The number of hydrogen-bond donors (Lipinski definition) is 1.